The highest BCUT2D eigenvalue weighted by Gasteiger charge is 2.21. The molecular weight excluding hydrogens is 254 g/mol. The van der Waals surface area contributed by atoms with E-state index in [-0.39, 0.29) is 12.7 Å². The first-order chi connectivity index (χ1) is 8.61. The lowest BCUT2D eigenvalue weighted by Gasteiger charge is -2.34. The molecule has 0 aromatic heterocycles. The zero-order chi connectivity index (χ0) is 13.1. The van der Waals surface area contributed by atoms with Gasteiger partial charge in [-0.2, -0.15) is 0 Å². The summed E-state index contributed by atoms with van der Waals surface area (Å²) in [6.45, 7) is 3.69. The topological polar surface area (TPSA) is 52.9 Å². The number of halogens is 1. The molecule has 0 bridgehead atoms. The van der Waals surface area contributed by atoms with Crippen molar-refractivity contribution in [3.63, 3.8) is 0 Å². The summed E-state index contributed by atoms with van der Waals surface area (Å²) >= 11 is 6.24. The summed E-state index contributed by atoms with van der Waals surface area (Å²) in [7, 11) is 0. The lowest BCUT2D eigenvalue weighted by atomic mass is 10.1. The Morgan fingerprint density at radius 1 is 1.56 bits per heavy atom. The highest BCUT2D eigenvalue weighted by atomic mass is 35.5. The van der Waals surface area contributed by atoms with Crippen LogP contribution in [0.2, 0.25) is 5.02 Å². The van der Waals surface area contributed by atoms with E-state index in [9.17, 15) is 5.11 Å². The van der Waals surface area contributed by atoms with Gasteiger partial charge in [-0.05, 0) is 24.6 Å². The van der Waals surface area contributed by atoms with E-state index in [1.165, 1.54) is 0 Å². The van der Waals surface area contributed by atoms with Crippen LogP contribution in [0.5, 0.6) is 0 Å². The lowest BCUT2D eigenvalue weighted by Crippen LogP contribution is -2.44. The van der Waals surface area contributed by atoms with Gasteiger partial charge in [0, 0.05) is 13.1 Å². The van der Waals surface area contributed by atoms with E-state index in [1.54, 1.807) is 13.0 Å². The Bertz CT molecular complexity index is 411. The molecule has 1 heterocycles. The van der Waals surface area contributed by atoms with Gasteiger partial charge in [-0.25, -0.2) is 0 Å². The standard InChI is InChI=1S/C13H18ClNO3/c1-9(17)10-2-3-13(12(14)6-10)15-4-5-18-11(7-15)8-16/h2-3,6,9,11,16-17H,4-5,7-8H2,1H3/t9-,11?/m0/s1. The minimum atomic E-state index is -0.522. The Morgan fingerprint density at radius 2 is 2.33 bits per heavy atom. The molecule has 1 aromatic carbocycles. The molecule has 0 aliphatic carbocycles. The van der Waals surface area contributed by atoms with Crippen LogP contribution in [0.25, 0.3) is 0 Å². The maximum absolute atomic E-state index is 9.50. The molecule has 2 N–H and O–H groups in total. The van der Waals surface area contributed by atoms with E-state index in [1.807, 2.05) is 12.1 Å². The highest BCUT2D eigenvalue weighted by Crippen LogP contribution is 2.30. The third-order valence-corrected chi connectivity index (χ3v) is 3.44. The second-order valence-corrected chi connectivity index (χ2v) is 4.92. The van der Waals surface area contributed by atoms with Crippen molar-refractivity contribution in [2.24, 2.45) is 0 Å². The Balaban J connectivity index is 2.17. The molecule has 1 unspecified atom stereocenters. The van der Waals surface area contributed by atoms with Gasteiger partial charge in [-0.1, -0.05) is 17.7 Å². The second kappa shape index (κ2) is 5.89. The number of anilines is 1. The Kier molecular flexibility index (Phi) is 4.45. The van der Waals surface area contributed by atoms with Crippen LogP contribution in [0.15, 0.2) is 18.2 Å². The molecule has 18 heavy (non-hydrogen) atoms. The minimum Gasteiger partial charge on any atom is -0.394 e. The number of rotatable bonds is 3. The van der Waals surface area contributed by atoms with E-state index in [0.717, 1.165) is 17.8 Å². The molecule has 100 valence electrons. The van der Waals surface area contributed by atoms with Crippen molar-refractivity contribution in [3.8, 4) is 0 Å². The molecule has 1 aliphatic heterocycles. The highest BCUT2D eigenvalue weighted by molar-refractivity contribution is 6.33. The first kappa shape index (κ1) is 13.6. The molecule has 1 aliphatic rings. The van der Waals surface area contributed by atoms with Crippen molar-refractivity contribution >= 4 is 17.3 Å². The van der Waals surface area contributed by atoms with E-state index in [0.29, 0.717) is 18.2 Å². The average Bonchev–Trinajstić information content (AvgIpc) is 2.38. The molecule has 0 spiro atoms. The monoisotopic (exact) mass is 271 g/mol. The number of hydrogen-bond acceptors (Lipinski definition) is 4. The number of benzene rings is 1. The van der Waals surface area contributed by atoms with Gasteiger partial charge in [0.05, 0.1) is 36.1 Å². The summed E-state index contributed by atoms with van der Waals surface area (Å²) in [6.07, 6.45) is -0.683. The molecule has 5 heteroatoms. The van der Waals surface area contributed by atoms with Crippen LogP contribution in [0.3, 0.4) is 0 Å². The summed E-state index contributed by atoms with van der Waals surface area (Å²) in [5.74, 6) is 0. The molecule has 1 saturated heterocycles. The Morgan fingerprint density at radius 3 is 2.94 bits per heavy atom. The molecule has 0 saturated carbocycles. The Labute approximate surface area is 112 Å². The van der Waals surface area contributed by atoms with Gasteiger partial charge in [0.15, 0.2) is 0 Å². The van der Waals surface area contributed by atoms with E-state index >= 15 is 0 Å². The lowest BCUT2D eigenvalue weighted by molar-refractivity contribution is 0.00357. The first-order valence-corrected chi connectivity index (χ1v) is 6.44. The zero-order valence-corrected chi connectivity index (χ0v) is 11.1. The molecule has 0 amide bonds. The van der Waals surface area contributed by atoms with E-state index < -0.39 is 6.10 Å². The summed E-state index contributed by atoms with van der Waals surface area (Å²) in [5, 5.41) is 19.2. The van der Waals surface area contributed by atoms with Crippen molar-refractivity contribution in [1.29, 1.82) is 0 Å². The number of aliphatic hydroxyl groups is 2. The fraction of sp³-hybridized carbons (Fsp3) is 0.538. The number of ether oxygens (including phenoxy) is 1. The third kappa shape index (κ3) is 2.95. The van der Waals surface area contributed by atoms with Gasteiger partial charge in [0.1, 0.15) is 0 Å². The van der Waals surface area contributed by atoms with Crippen LogP contribution in [0.4, 0.5) is 5.69 Å². The minimum absolute atomic E-state index is 0.0138. The van der Waals surface area contributed by atoms with Gasteiger partial charge in [-0.3, -0.25) is 0 Å². The van der Waals surface area contributed by atoms with Gasteiger partial charge in [0.25, 0.3) is 0 Å². The number of hydrogen-bond donors (Lipinski definition) is 2. The molecule has 2 rings (SSSR count). The van der Waals surface area contributed by atoms with Crippen molar-refractivity contribution in [2.45, 2.75) is 19.1 Å². The van der Waals surface area contributed by atoms with Crippen LogP contribution in [0.1, 0.15) is 18.6 Å². The molecule has 2 atom stereocenters. The molecular formula is C13H18ClNO3. The summed E-state index contributed by atoms with van der Waals surface area (Å²) in [5.41, 5.74) is 1.72. The molecule has 1 aromatic rings. The summed E-state index contributed by atoms with van der Waals surface area (Å²) < 4.78 is 5.41. The number of morpholine rings is 1. The van der Waals surface area contributed by atoms with Crippen LogP contribution >= 0.6 is 11.6 Å². The van der Waals surface area contributed by atoms with Gasteiger partial charge in [0.2, 0.25) is 0 Å². The quantitative estimate of drug-likeness (QED) is 0.877. The SMILES string of the molecule is C[C@H](O)c1ccc(N2CCOC(CO)C2)c(Cl)c1. The van der Waals surface area contributed by atoms with Crippen molar-refractivity contribution < 1.29 is 14.9 Å². The van der Waals surface area contributed by atoms with Crippen molar-refractivity contribution in [1.82, 2.24) is 0 Å². The predicted molar refractivity (Wildman–Crippen MR) is 71.1 cm³/mol. The predicted octanol–water partition coefficient (Wildman–Crippen LogP) is 1.59. The van der Waals surface area contributed by atoms with Crippen LogP contribution in [0, 0.1) is 0 Å². The number of aliphatic hydroxyl groups excluding tert-OH is 2. The smallest absolute Gasteiger partial charge is 0.0980 e. The van der Waals surface area contributed by atoms with Gasteiger partial charge in [-0.15, -0.1) is 0 Å². The number of nitrogens with zero attached hydrogens (tertiary/aromatic N) is 1. The summed E-state index contributed by atoms with van der Waals surface area (Å²) in [6, 6.07) is 5.56. The van der Waals surface area contributed by atoms with Crippen molar-refractivity contribution in [3.05, 3.63) is 28.8 Å². The van der Waals surface area contributed by atoms with E-state index in [4.69, 9.17) is 21.4 Å². The average molecular weight is 272 g/mol. The van der Waals surface area contributed by atoms with Crippen LogP contribution in [-0.2, 0) is 4.74 Å². The largest absolute Gasteiger partial charge is 0.394 e. The second-order valence-electron chi connectivity index (χ2n) is 4.51. The third-order valence-electron chi connectivity index (χ3n) is 3.14. The Hall–Kier alpha value is -0.810. The normalized spacial score (nSPS) is 22.0. The van der Waals surface area contributed by atoms with Crippen LogP contribution in [-0.4, -0.2) is 42.6 Å². The maximum atomic E-state index is 9.50. The fourth-order valence-corrected chi connectivity index (χ4v) is 2.40. The first-order valence-electron chi connectivity index (χ1n) is 6.06. The molecule has 0 radical (unpaired) electrons. The van der Waals surface area contributed by atoms with Crippen molar-refractivity contribution in [2.75, 3.05) is 31.2 Å². The zero-order valence-electron chi connectivity index (χ0n) is 10.3. The fourth-order valence-electron chi connectivity index (χ4n) is 2.09. The molecule has 4 nitrogen and oxygen atoms in total. The van der Waals surface area contributed by atoms with Gasteiger partial charge < -0.3 is 19.8 Å². The van der Waals surface area contributed by atoms with E-state index in [2.05, 4.69) is 4.90 Å². The van der Waals surface area contributed by atoms with Gasteiger partial charge >= 0.3 is 0 Å². The van der Waals surface area contributed by atoms with Crippen LogP contribution < -0.4 is 4.90 Å². The maximum Gasteiger partial charge on any atom is 0.0980 e. The molecule has 1 fully saturated rings. The summed E-state index contributed by atoms with van der Waals surface area (Å²) in [4.78, 5) is 2.10.